The third-order valence-corrected chi connectivity index (χ3v) is 3.59. The van der Waals surface area contributed by atoms with Crippen molar-refractivity contribution in [2.24, 2.45) is 5.41 Å². The fourth-order valence-electron chi connectivity index (χ4n) is 1.93. The molecule has 1 aromatic carbocycles. The van der Waals surface area contributed by atoms with Crippen molar-refractivity contribution in [1.82, 2.24) is 0 Å². The molecule has 0 unspecified atom stereocenters. The van der Waals surface area contributed by atoms with Gasteiger partial charge in [-0.3, -0.25) is 0 Å². The molecule has 1 aliphatic rings. The highest BCUT2D eigenvalue weighted by Gasteiger charge is 2.15. The molecule has 2 rings (SSSR count). The van der Waals surface area contributed by atoms with Gasteiger partial charge < -0.3 is 0 Å². The van der Waals surface area contributed by atoms with Crippen LogP contribution in [0, 0.1) is 5.41 Å². The first-order chi connectivity index (χ1) is 6.54. The van der Waals surface area contributed by atoms with Gasteiger partial charge in [0.2, 0.25) is 0 Å². The largest absolute Gasteiger partial charge is 0.126 e. The first-order valence-electron chi connectivity index (χ1n) is 5.29. The molecule has 0 aliphatic carbocycles. The van der Waals surface area contributed by atoms with Gasteiger partial charge in [-0.25, -0.2) is 0 Å². The molecule has 76 valence electrons. The quantitative estimate of drug-likeness (QED) is 0.671. The van der Waals surface area contributed by atoms with Gasteiger partial charge >= 0.3 is 0 Å². The number of hydrogen-bond donors (Lipinski definition) is 0. The highest BCUT2D eigenvalue weighted by molar-refractivity contribution is 7.99. The summed E-state index contributed by atoms with van der Waals surface area (Å²) in [6.07, 6.45) is 2.44. The van der Waals surface area contributed by atoms with Crippen molar-refractivity contribution >= 4 is 11.8 Å². The Labute approximate surface area is 91.1 Å². The Balaban J connectivity index is 2.21. The molecule has 0 amide bonds. The Morgan fingerprint density at radius 3 is 2.79 bits per heavy atom. The zero-order valence-electron chi connectivity index (χ0n) is 9.26. The minimum atomic E-state index is 0.400. The summed E-state index contributed by atoms with van der Waals surface area (Å²) in [4.78, 5) is 1.52. The van der Waals surface area contributed by atoms with Crippen molar-refractivity contribution < 1.29 is 0 Å². The SMILES string of the molecule is CC(C)(C)Cc1ccc2c(c1)SCC2. The molecule has 0 nitrogen and oxygen atoms in total. The summed E-state index contributed by atoms with van der Waals surface area (Å²) in [6, 6.07) is 7.00. The van der Waals surface area contributed by atoms with E-state index in [2.05, 4.69) is 39.0 Å². The fraction of sp³-hybridized carbons (Fsp3) is 0.538. The van der Waals surface area contributed by atoms with E-state index in [1.54, 1.807) is 5.56 Å². The van der Waals surface area contributed by atoms with Gasteiger partial charge in [0.05, 0.1) is 0 Å². The lowest BCUT2D eigenvalue weighted by Crippen LogP contribution is -2.09. The van der Waals surface area contributed by atoms with Gasteiger partial charge in [-0.05, 0) is 35.4 Å². The van der Waals surface area contributed by atoms with Crippen LogP contribution in [-0.4, -0.2) is 5.75 Å². The standard InChI is InChI=1S/C13H18S/c1-13(2,3)9-10-4-5-11-6-7-14-12(11)8-10/h4-5,8H,6-7,9H2,1-3H3. The van der Waals surface area contributed by atoms with Crippen LogP contribution in [0.5, 0.6) is 0 Å². The zero-order valence-corrected chi connectivity index (χ0v) is 10.1. The second-order valence-corrected chi connectivity index (χ2v) is 6.41. The van der Waals surface area contributed by atoms with E-state index in [0.717, 1.165) is 0 Å². The molecule has 0 atom stereocenters. The topological polar surface area (TPSA) is 0 Å². The lowest BCUT2D eigenvalue weighted by atomic mass is 9.88. The van der Waals surface area contributed by atoms with Crippen molar-refractivity contribution in [2.45, 2.75) is 38.5 Å². The van der Waals surface area contributed by atoms with Crippen LogP contribution in [-0.2, 0) is 12.8 Å². The normalized spacial score (nSPS) is 15.6. The van der Waals surface area contributed by atoms with E-state index in [0.29, 0.717) is 5.41 Å². The lowest BCUT2D eigenvalue weighted by molar-refractivity contribution is 0.411. The third-order valence-electron chi connectivity index (χ3n) is 2.49. The molecular formula is C13H18S. The number of fused-ring (bicyclic) bond motifs is 1. The van der Waals surface area contributed by atoms with Crippen molar-refractivity contribution in [3.8, 4) is 0 Å². The maximum Gasteiger partial charge on any atom is 0.0107 e. The van der Waals surface area contributed by atoms with E-state index < -0.39 is 0 Å². The van der Waals surface area contributed by atoms with Crippen molar-refractivity contribution in [2.75, 3.05) is 5.75 Å². The summed E-state index contributed by atoms with van der Waals surface area (Å²) >= 11 is 2.01. The van der Waals surface area contributed by atoms with E-state index in [-0.39, 0.29) is 0 Å². The molecule has 14 heavy (non-hydrogen) atoms. The van der Waals surface area contributed by atoms with Gasteiger partial charge in [0.25, 0.3) is 0 Å². The molecule has 0 N–H and O–H groups in total. The molecule has 1 aromatic rings. The van der Waals surface area contributed by atoms with Crippen LogP contribution < -0.4 is 0 Å². The van der Waals surface area contributed by atoms with Gasteiger partial charge in [0.1, 0.15) is 0 Å². The Morgan fingerprint density at radius 2 is 2.07 bits per heavy atom. The molecule has 0 fully saturated rings. The summed E-state index contributed by atoms with van der Waals surface area (Å²) in [6.45, 7) is 6.90. The van der Waals surface area contributed by atoms with Crippen LogP contribution in [0.3, 0.4) is 0 Å². The van der Waals surface area contributed by atoms with Crippen molar-refractivity contribution in [3.05, 3.63) is 29.3 Å². The number of thioether (sulfide) groups is 1. The Hall–Kier alpha value is -0.430. The second-order valence-electron chi connectivity index (χ2n) is 5.28. The summed E-state index contributed by atoms with van der Waals surface area (Å²) in [5.74, 6) is 1.27. The Morgan fingerprint density at radius 1 is 1.29 bits per heavy atom. The van der Waals surface area contributed by atoms with E-state index >= 15 is 0 Å². The van der Waals surface area contributed by atoms with Crippen LogP contribution in [0.2, 0.25) is 0 Å². The Bertz CT molecular complexity index is 334. The average molecular weight is 206 g/mol. The van der Waals surface area contributed by atoms with Crippen LogP contribution in [0.4, 0.5) is 0 Å². The van der Waals surface area contributed by atoms with Crippen molar-refractivity contribution in [3.63, 3.8) is 0 Å². The van der Waals surface area contributed by atoms with Crippen molar-refractivity contribution in [1.29, 1.82) is 0 Å². The summed E-state index contributed by atoms with van der Waals surface area (Å²) in [5.41, 5.74) is 3.44. The smallest absolute Gasteiger partial charge is 0.0107 e. The summed E-state index contributed by atoms with van der Waals surface area (Å²) < 4.78 is 0. The van der Waals surface area contributed by atoms with Gasteiger partial charge in [0.15, 0.2) is 0 Å². The predicted molar refractivity (Wildman–Crippen MR) is 64.0 cm³/mol. The lowest BCUT2D eigenvalue weighted by Gasteiger charge is -2.18. The fourth-order valence-corrected chi connectivity index (χ4v) is 3.07. The number of benzene rings is 1. The predicted octanol–water partition coefficient (Wildman–Crippen LogP) is 3.92. The van der Waals surface area contributed by atoms with E-state index in [4.69, 9.17) is 0 Å². The highest BCUT2D eigenvalue weighted by atomic mass is 32.2. The van der Waals surface area contributed by atoms with Gasteiger partial charge in [-0.2, -0.15) is 0 Å². The summed E-state index contributed by atoms with van der Waals surface area (Å²) in [7, 11) is 0. The first kappa shape index (κ1) is 10.1. The Kier molecular flexibility index (Phi) is 2.61. The first-order valence-corrected chi connectivity index (χ1v) is 6.28. The number of aryl methyl sites for hydroxylation is 1. The molecule has 1 heterocycles. The molecule has 1 aliphatic heterocycles. The second kappa shape index (κ2) is 3.62. The van der Waals surface area contributed by atoms with Crippen LogP contribution >= 0.6 is 11.8 Å². The molecule has 1 heteroatoms. The zero-order chi connectivity index (χ0) is 10.2. The molecular weight excluding hydrogens is 188 g/mol. The monoisotopic (exact) mass is 206 g/mol. The molecule has 0 aromatic heterocycles. The third kappa shape index (κ3) is 2.33. The highest BCUT2D eigenvalue weighted by Crippen LogP contribution is 2.33. The van der Waals surface area contributed by atoms with E-state index in [1.807, 2.05) is 11.8 Å². The number of rotatable bonds is 1. The van der Waals surface area contributed by atoms with Crippen LogP contribution in [0.25, 0.3) is 0 Å². The average Bonchev–Trinajstić information content (AvgIpc) is 2.47. The molecule has 0 saturated carbocycles. The maximum atomic E-state index is 2.39. The van der Waals surface area contributed by atoms with Gasteiger partial charge in [-0.1, -0.05) is 32.9 Å². The van der Waals surface area contributed by atoms with Crippen LogP contribution in [0.15, 0.2) is 23.1 Å². The number of hydrogen-bond acceptors (Lipinski definition) is 1. The maximum absolute atomic E-state index is 2.39. The van der Waals surface area contributed by atoms with Crippen LogP contribution in [0.1, 0.15) is 31.9 Å². The van der Waals surface area contributed by atoms with Gasteiger partial charge in [-0.15, -0.1) is 11.8 Å². The van der Waals surface area contributed by atoms with Gasteiger partial charge in [0, 0.05) is 10.6 Å². The minimum absolute atomic E-state index is 0.400. The minimum Gasteiger partial charge on any atom is -0.126 e. The molecule has 0 radical (unpaired) electrons. The molecule has 0 spiro atoms. The molecule has 0 saturated heterocycles. The molecule has 0 bridgehead atoms. The summed E-state index contributed by atoms with van der Waals surface area (Å²) in [5, 5.41) is 0. The van der Waals surface area contributed by atoms with E-state index in [1.165, 1.54) is 29.1 Å². The van der Waals surface area contributed by atoms with E-state index in [9.17, 15) is 0 Å².